The van der Waals surface area contributed by atoms with E-state index in [0.29, 0.717) is 6.54 Å². The van der Waals surface area contributed by atoms with Crippen molar-refractivity contribution in [2.75, 3.05) is 25.0 Å². The lowest BCUT2D eigenvalue weighted by Crippen LogP contribution is -2.38. The Balaban J connectivity index is 1.16. The van der Waals surface area contributed by atoms with Gasteiger partial charge in [0.25, 0.3) is 5.91 Å². The highest BCUT2D eigenvalue weighted by Crippen LogP contribution is 2.31. The second-order valence-corrected chi connectivity index (χ2v) is 9.33. The Labute approximate surface area is 198 Å². The Morgan fingerprint density at radius 2 is 1.79 bits per heavy atom. The van der Waals surface area contributed by atoms with Crippen LogP contribution in [0.3, 0.4) is 0 Å². The average Bonchev–Trinajstić information content (AvgIpc) is 3.32. The molecule has 1 aliphatic rings. The van der Waals surface area contributed by atoms with Crippen molar-refractivity contribution in [2.24, 2.45) is 0 Å². The summed E-state index contributed by atoms with van der Waals surface area (Å²) in [5, 5.41) is 4.52. The molecule has 3 aromatic carbocycles. The van der Waals surface area contributed by atoms with Crippen LogP contribution in [0.1, 0.15) is 24.8 Å². The number of aromatic nitrogens is 1. The highest BCUT2D eigenvalue weighted by atomic mass is 32.1. The van der Waals surface area contributed by atoms with Crippen LogP contribution in [0.15, 0.2) is 72.8 Å². The van der Waals surface area contributed by atoms with E-state index in [4.69, 9.17) is 9.72 Å². The number of para-hydroxylation sites is 1. The SMILES string of the molecule is O=C(COc1ccc(CNc2cccc(-c3nc4ccccc4s3)c2)cc1)N1CCCCC1. The number of nitrogens with one attached hydrogen (secondary N) is 1. The summed E-state index contributed by atoms with van der Waals surface area (Å²) in [4.78, 5) is 18.9. The third-order valence-electron chi connectivity index (χ3n) is 5.89. The Kier molecular flexibility index (Phi) is 6.53. The largest absolute Gasteiger partial charge is 0.484 e. The monoisotopic (exact) mass is 457 g/mol. The first kappa shape index (κ1) is 21.5. The molecule has 0 aliphatic carbocycles. The molecule has 1 saturated heterocycles. The summed E-state index contributed by atoms with van der Waals surface area (Å²) in [6, 6.07) is 24.5. The number of fused-ring (bicyclic) bond motifs is 1. The number of likely N-dealkylation sites (tertiary alicyclic amines) is 1. The summed E-state index contributed by atoms with van der Waals surface area (Å²) in [7, 11) is 0. The van der Waals surface area contributed by atoms with Gasteiger partial charge in [-0.3, -0.25) is 4.79 Å². The van der Waals surface area contributed by atoms with Crippen LogP contribution in [0.2, 0.25) is 0 Å². The molecular weight excluding hydrogens is 430 g/mol. The fraction of sp³-hybridized carbons (Fsp3) is 0.259. The number of carbonyl (C=O) groups is 1. The number of benzene rings is 3. The number of thiazole rings is 1. The molecule has 168 valence electrons. The molecule has 1 amide bonds. The van der Waals surface area contributed by atoms with E-state index >= 15 is 0 Å². The van der Waals surface area contributed by atoms with Crippen LogP contribution in [0.4, 0.5) is 5.69 Å². The van der Waals surface area contributed by atoms with Crippen molar-refractivity contribution in [1.29, 1.82) is 0 Å². The van der Waals surface area contributed by atoms with Gasteiger partial charge in [-0.25, -0.2) is 4.98 Å². The van der Waals surface area contributed by atoms with Crippen LogP contribution in [-0.4, -0.2) is 35.5 Å². The fourth-order valence-electron chi connectivity index (χ4n) is 4.05. The van der Waals surface area contributed by atoms with Gasteiger partial charge in [-0.2, -0.15) is 0 Å². The molecule has 0 atom stereocenters. The second-order valence-electron chi connectivity index (χ2n) is 8.30. The van der Waals surface area contributed by atoms with Gasteiger partial charge in [-0.15, -0.1) is 11.3 Å². The highest BCUT2D eigenvalue weighted by Gasteiger charge is 2.16. The number of ether oxygens (including phenoxy) is 1. The zero-order chi connectivity index (χ0) is 22.5. The van der Waals surface area contributed by atoms with Gasteiger partial charge in [0.05, 0.1) is 10.2 Å². The van der Waals surface area contributed by atoms with Crippen LogP contribution in [0, 0.1) is 0 Å². The Morgan fingerprint density at radius 1 is 0.970 bits per heavy atom. The van der Waals surface area contributed by atoms with E-state index in [-0.39, 0.29) is 12.5 Å². The number of amides is 1. The number of hydrogen-bond donors (Lipinski definition) is 1. The quantitative estimate of drug-likeness (QED) is 0.372. The second kappa shape index (κ2) is 10.0. The highest BCUT2D eigenvalue weighted by molar-refractivity contribution is 7.21. The molecule has 6 heteroatoms. The van der Waals surface area contributed by atoms with Gasteiger partial charge in [-0.1, -0.05) is 36.4 Å². The summed E-state index contributed by atoms with van der Waals surface area (Å²) in [6.45, 7) is 2.52. The maximum atomic E-state index is 12.3. The van der Waals surface area contributed by atoms with Gasteiger partial charge in [0.2, 0.25) is 0 Å². The predicted octanol–water partition coefficient (Wildman–Crippen LogP) is 5.97. The average molecular weight is 458 g/mol. The lowest BCUT2D eigenvalue weighted by atomic mass is 10.1. The van der Waals surface area contributed by atoms with Gasteiger partial charge in [-0.05, 0) is 61.2 Å². The molecule has 0 bridgehead atoms. The maximum absolute atomic E-state index is 12.3. The minimum Gasteiger partial charge on any atom is -0.484 e. The first-order valence-corrected chi connectivity index (χ1v) is 12.3. The summed E-state index contributed by atoms with van der Waals surface area (Å²) in [6.07, 6.45) is 3.40. The normalized spacial score (nSPS) is 13.8. The van der Waals surface area contributed by atoms with E-state index in [1.807, 2.05) is 47.4 Å². The van der Waals surface area contributed by atoms with Gasteiger partial charge in [0.15, 0.2) is 6.61 Å². The zero-order valence-electron chi connectivity index (χ0n) is 18.5. The van der Waals surface area contributed by atoms with Crippen LogP contribution in [0.25, 0.3) is 20.8 Å². The molecule has 4 aromatic rings. The van der Waals surface area contributed by atoms with Gasteiger partial charge >= 0.3 is 0 Å². The van der Waals surface area contributed by atoms with E-state index in [0.717, 1.165) is 59.0 Å². The Bertz CT molecular complexity index is 1200. The molecule has 0 saturated carbocycles. The molecule has 2 heterocycles. The summed E-state index contributed by atoms with van der Waals surface area (Å²) in [5.41, 5.74) is 4.36. The number of hydrogen-bond acceptors (Lipinski definition) is 5. The van der Waals surface area contributed by atoms with Crippen molar-refractivity contribution in [3.8, 4) is 16.3 Å². The van der Waals surface area contributed by atoms with E-state index in [2.05, 4.69) is 35.6 Å². The maximum Gasteiger partial charge on any atom is 0.260 e. The number of anilines is 1. The van der Waals surface area contributed by atoms with E-state index < -0.39 is 0 Å². The van der Waals surface area contributed by atoms with Crippen molar-refractivity contribution < 1.29 is 9.53 Å². The van der Waals surface area contributed by atoms with Crippen molar-refractivity contribution >= 4 is 33.1 Å². The van der Waals surface area contributed by atoms with Crippen molar-refractivity contribution in [3.05, 3.63) is 78.4 Å². The lowest BCUT2D eigenvalue weighted by Gasteiger charge is -2.26. The molecule has 1 N–H and O–H groups in total. The van der Waals surface area contributed by atoms with Gasteiger partial charge < -0.3 is 15.0 Å². The molecule has 5 rings (SSSR count). The summed E-state index contributed by atoms with van der Waals surface area (Å²) < 4.78 is 6.91. The fourth-order valence-corrected chi connectivity index (χ4v) is 5.01. The molecule has 33 heavy (non-hydrogen) atoms. The van der Waals surface area contributed by atoms with Crippen LogP contribution in [0.5, 0.6) is 5.75 Å². The van der Waals surface area contributed by atoms with Crippen molar-refractivity contribution in [1.82, 2.24) is 9.88 Å². The number of piperidine rings is 1. The van der Waals surface area contributed by atoms with Crippen LogP contribution in [-0.2, 0) is 11.3 Å². The smallest absolute Gasteiger partial charge is 0.260 e. The number of carbonyl (C=O) groups excluding carboxylic acids is 1. The number of nitrogens with zero attached hydrogens (tertiary/aromatic N) is 2. The van der Waals surface area contributed by atoms with E-state index in [1.165, 1.54) is 11.1 Å². The third kappa shape index (κ3) is 5.34. The minimum absolute atomic E-state index is 0.0773. The Morgan fingerprint density at radius 3 is 2.61 bits per heavy atom. The molecule has 0 radical (unpaired) electrons. The molecule has 1 aliphatic heterocycles. The minimum atomic E-state index is 0.0773. The first-order chi connectivity index (χ1) is 16.2. The van der Waals surface area contributed by atoms with Crippen LogP contribution >= 0.6 is 11.3 Å². The molecule has 0 spiro atoms. The molecule has 1 aromatic heterocycles. The Hall–Kier alpha value is -3.38. The zero-order valence-corrected chi connectivity index (χ0v) is 19.3. The molecular formula is C27H27N3O2S. The molecule has 1 fully saturated rings. The van der Waals surface area contributed by atoms with E-state index in [1.54, 1.807) is 11.3 Å². The number of rotatable bonds is 7. The molecule has 0 unspecified atom stereocenters. The standard InChI is InChI=1S/C27H27N3O2S/c31-26(30-15-4-1-5-16-30)19-32-23-13-11-20(12-14-23)18-28-22-8-6-7-21(17-22)27-29-24-9-2-3-10-25(24)33-27/h2-3,6-14,17,28H,1,4-5,15-16,18-19H2. The van der Waals surface area contributed by atoms with Crippen LogP contribution < -0.4 is 10.1 Å². The topological polar surface area (TPSA) is 54.5 Å². The van der Waals surface area contributed by atoms with Gasteiger partial charge in [0.1, 0.15) is 10.8 Å². The predicted molar refractivity (Wildman–Crippen MR) is 135 cm³/mol. The summed E-state index contributed by atoms with van der Waals surface area (Å²) in [5.74, 6) is 0.801. The van der Waals surface area contributed by atoms with Gasteiger partial charge in [0, 0.05) is 30.9 Å². The summed E-state index contributed by atoms with van der Waals surface area (Å²) >= 11 is 1.71. The van der Waals surface area contributed by atoms with Crippen molar-refractivity contribution in [3.63, 3.8) is 0 Å². The lowest BCUT2D eigenvalue weighted by molar-refractivity contribution is -0.134. The van der Waals surface area contributed by atoms with Crippen molar-refractivity contribution in [2.45, 2.75) is 25.8 Å². The molecule has 5 nitrogen and oxygen atoms in total. The van der Waals surface area contributed by atoms with E-state index in [9.17, 15) is 4.79 Å². The third-order valence-corrected chi connectivity index (χ3v) is 6.98. The first-order valence-electron chi connectivity index (χ1n) is 11.4.